The molecule has 0 aliphatic heterocycles. The van der Waals surface area contributed by atoms with Crippen molar-refractivity contribution in [3.05, 3.63) is 124 Å². The maximum atomic E-state index is 13.5. The van der Waals surface area contributed by atoms with Crippen molar-refractivity contribution in [1.82, 2.24) is 14.5 Å². The van der Waals surface area contributed by atoms with Crippen molar-refractivity contribution in [2.24, 2.45) is 0 Å². The number of aryl methyl sites for hydroxylation is 1. The third kappa shape index (κ3) is 4.66. The fourth-order valence-electron chi connectivity index (χ4n) is 4.21. The molecule has 0 bridgehead atoms. The zero-order chi connectivity index (χ0) is 24.4. The van der Waals surface area contributed by atoms with Gasteiger partial charge in [0.15, 0.2) is 17.4 Å². The van der Waals surface area contributed by atoms with E-state index in [1.54, 1.807) is 18.5 Å². The number of nitrogens with zero attached hydrogens (tertiary/aromatic N) is 2. The molecule has 0 saturated heterocycles. The number of Topliss-reactive ketones (excluding diaryl/α,β-unsaturated/α-hetero) is 1. The lowest BCUT2D eigenvalue weighted by Gasteiger charge is -2.09. The normalized spacial score (nSPS) is 11.1. The van der Waals surface area contributed by atoms with Crippen molar-refractivity contribution in [3.63, 3.8) is 0 Å². The van der Waals surface area contributed by atoms with Crippen LogP contribution in [-0.4, -0.2) is 20.3 Å². The van der Waals surface area contributed by atoms with E-state index >= 15 is 0 Å². The quantitative estimate of drug-likeness (QED) is 0.319. The summed E-state index contributed by atoms with van der Waals surface area (Å²) in [5.41, 5.74) is 4.07. The number of rotatable bonds is 7. The van der Waals surface area contributed by atoms with Gasteiger partial charge in [0.1, 0.15) is 0 Å². The Kier molecular flexibility index (Phi) is 6.06. The van der Waals surface area contributed by atoms with Gasteiger partial charge in [0.05, 0.1) is 23.8 Å². The van der Waals surface area contributed by atoms with Gasteiger partial charge < -0.3 is 9.55 Å². The lowest BCUT2D eigenvalue weighted by atomic mass is 9.99. The summed E-state index contributed by atoms with van der Waals surface area (Å²) in [7, 11) is 0. The molecule has 5 nitrogen and oxygen atoms in total. The second kappa shape index (κ2) is 9.46. The van der Waals surface area contributed by atoms with Crippen LogP contribution in [0, 0.1) is 11.6 Å². The van der Waals surface area contributed by atoms with Crippen molar-refractivity contribution in [1.29, 1.82) is 0 Å². The molecule has 0 aliphatic rings. The number of carbonyl (C=O) groups is 1. The van der Waals surface area contributed by atoms with Crippen LogP contribution in [-0.2, 0) is 13.0 Å². The molecule has 174 valence electrons. The fourth-order valence-corrected chi connectivity index (χ4v) is 4.21. The Hall–Kier alpha value is -4.39. The predicted molar refractivity (Wildman–Crippen MR) is 130 cm³/mol. The molecule has 0 saturated carbocycles. The Balaban J connectivity index is 1.32. The first-order valence-corrected chi connectivity index (χ1v) is 11.2. The van der Waals surface area contributed by atoms with Gasteiger partial charge in [0.25, 0.3) is 5.56 Å². The van der Waals surface area contributed by atoms with Gasteiger partial charge >= 0.3 is 0 Å². The van der Waals surface area contributed by atoms with E-state index < -0.39 is 17.2 Å². The predicted octanol–water partition coefficient (Wildman–Crippen LogP) is 5.53. The summed E-state index contributed by atoms with van der Waals surface area (Å²) in [5, 5.41) is 1.07. The van der Waals surface area contributed by atoms with Crippen LogP contribution < -0.4 is 5.56 Å². The first-order valence-electron chi connectivity index (χ1n) is 11.2. The van der Waals surface area contributed by atoms with E-state index in [4.69, 9.17) is 0 Å². The standard InChI is InChI=1S/C28H21F2N3O2/c29-24-8-6-19(14-25(24)30)17-33-12-2-5-22(28(33)35)27(34)9-7-18-3-1-4-20(13-18)23-15-32-26-16-31-11-10-21(23)26/h1-6,8,10-16,32H,7,9,17H2. The number of hydrogen-bond acceptors (Lipinski definition) is 3. The van der Waals surface area contributed by atoms with E-state index in [-0.39, 0.29) is 24.3 Å². The monoisotopic (exact) mass is 469 g/mol. The van der Waals surface area contributed by atoms with E-state index in [1.807, 2.05) is 36.5 Å². The number of halogens is 2. The van der Waals surface area contributed by atoms with Gasteiger partial charge in [0.2, 0.25) is 0 Å². The summed E-state index contributed by atoms with van der Waals surface area (Å²) in [6.07, 6.45) is 7.65. The Morgan fingerprint density at radius 2 is 1.86 bits per heavy atom. The molecule has 3 aromatic heterocycles. The number of hydrogen-bond donors (Lipinski definition) is 1. The van der Waals surface area contributed by atoms with Crippen molar-refractivity contribution < 1.29 is 13.6 Å². The summed E-state index contributed by atoms with van der Waals surface area (Å²) in [5.74, 6) is -2.19. The van der Waals surface area contributed by atoms with Gasteiger partial charge in [-0.05, 0) is 53.4 Å². The average Bonchev–Trinajstić information content (AvgIpc) is 3.30. The number of H-pyrrole nitrogens is 1. The number of fused-ring (bicyclic) bond motifs is 1. The Bertz CT molecular complexity index is 1600. The zero-order valence-electron chi connectivity index (χ0n) is 18.7. The van der Waals surface area contributed by atoms with E-state index in [1.165, 1.54) is 22.9 Å². The van der Waals surface area contributed by atoms with Crippen molar-refractivity contribution >= 4 is 16.7 Å². The lowest BCUT2D eigenvalue weighted by Crippen LogP contribution is -2.26. The molecule has 0 fully saturated rings. The van der Waals surface area contributed by atoms with Gasteiger partial charge in [-0.25, -0.2) is 8.78 Å². The molecule has 1 N–H and O–H groups in total. The molecule has 0 unspecified atom stereocenters. The summed E-state index contributed by atoms with van der Waals surface area (Å²) in [6.45, 7) is 0.0410. The van der Waals surface area contributed by atoms with Crippen LogP contribution in [0.2, 0.25) is 0 Å². The Labute approximate surface area is 199 Å². The molecule has 0 aliphatic carbocycles. The maximum Gasteiger partial charge on any atom is 0.261 e. The van der Waals surface area contributed by atoms with Gasteiger partial charge in [-0.2, -0.15) is 0 Å². The van der Waals surface area contributed by atoms with Gasteiger partial charge in [-0.1, -0.05) is 30.3 Å². The Morgan fingerprint density at radius 1 is 0.971 bits per heavy atom. The van der Waals surface area contributed by atoms with E-state index in [9.17, 15) is 18.4 Å². The van der Waals surface area contributed by atoms with Gasteiger partial charge in [-0.3, -0.25) is 14.6 Å². The van der Waals surface area contributed by atoms with Gasteiger partial charge in [0, 0.05) is 36.0 Å². The zero-order valence-corrected chi connectivity index (χ0v) is 18.7. The minimum atomic E-state index is -0.977. The number of carbonyl (C=O) groups excluding carboxylic acids is 1. The number of nitrogens with one attached hydrogen (secondary N) is 1. The largest absolute Gasteiger partial charge is 0.359 e. The first kappa shape index (κ1) is 22.4. The number of pyridine rings is 2. The Morgan fingerprint density at radius 3 is 2.71 bits per heavy atom. The molecule has 0 radical (unpaired) electrons. The second-order valence-corrected chi connectivity index (χ2v) is 8.35. The van der Waals surface area contributed by atoms with E-state index in [0.29, 0.717) is 12.0 Å². The molecule has 35 heavy (non-hydrogen) atoms. The molecular weight excluding hydrogens is 448 g/mol. The molecule has 2 aromatic carbocycles. The third-order valence-corrected chi connectivity index (χ3v) is 6.02. The highest BCUT2D eigenvalue weighted by atomic mass is 19.2. The first-order chi connectivity index (χ1) is 17.0. The van der Waals surface area contributed by atoms with Crippen LogP contribution in [0.5, 0.6) is 0 Å². The molecule has 7 heteroatoms. The molecule has 3 heterocycles. The van der Waals surface area contributed by atoms with Crippen LogP contribution >= 0.6 is 0 Å². The van der Waals surface area contributed by atoms with E-state index in [2.05, 4.69) is 9.97 Å². The summed E-state index contributed by atoms with van der Waals surface area (Å²) >= 11 is 0. The molecule has 0 amide bonds. The average molecular weight is 469 g/mol. The second-order valence-electron chi connectivity index (χ2n) is 8.35. The molecule has 0 spiro atoms. The number of benzene rings is 2. The van der Waals surface area contributed by atoms with Crippen LogP contribution in [0.4, 0.5) is 8.78 Å². The van der Waals surface area contributed by atoms with E-state index in [0.717, 1.165) is 39.7 Å². The fraction of sp³-hybridized carbons (Fsp3) is 0.107. The van der Waals surface area contributed by atoms with Crippen LogP contribution in [0.25, 0.3) is 22.0 Å². The highest BCUT2D eigenvalue weighted by Crippen LogP contribution is 2.28. The van der Waals surface area contributed by atoms with Gasteiger partial charge in [-0.15, -0.1) is 0 Å². The van der Waals surface area contributed by atoms with Crippen molar-refractivity contribution in [2.45, 2.75) is 19.4 Å². The SMILES string of the molecule is O=C(CCc1cccc(-c2c[nH]c3cnccc23)c1)c1cccn(Cc2ccc(F)c(F)c2)c1=O. The highest BCUT2D eigenvalue weighted by Gasteiger charge is 2.14. The topological polar surface area (TPSA) is 67.8 Å². The summed E-state index contributed by atoms with van der Waals surface area (Å²) in [4.78, 5) is 33.1. The number of ketones is 1. The molecular formula is C28H21F2N3O2. The van der Waals surface area contributed by atoms with Crippen molar-refractivity contribution in [2.75, 3.05) is 0 Å². The number of aromatic amines is 1. The number of aromatic nitrogens is 3. The van der Waals surface area contributed by atoms with Crippen molar-refractivity contribution in [3.8, 4) is 11.1 Å². The van der Waals surface area contributed by atoms with Crippen LogP contribution in [0.1, 0.15) is 27.9 Å². The van der Waals surface area contributed by atoms with Crippen LogP contribution in [0.3, 0.4) is 0 Å². The smallest absolute Gasteiger partial charge is 0.261 e. The highest BCUT2D eigenvalue weighted by molar-refractivity contribution is 5.96. The summed E-state index contributed by atoms with van der Waals surface area (Å²) < 4.78 is 28.0. The minimum absolute atomic E-state index is 0.0410. The molecule has 5 rings (SSSR count). The molecule has 5 aromatic rings. The molecule has 0 atom stereocenters. The maximum absolute atomic E-state index is 13.5. The summed E-state index contributed by atoms with van der Waals surface area (Å²) in [6, 6.07) is 16.5. The minimum Gasteiger partial charge on any atom is -0.359 e. The van der Waals surface area contributed by atoms with Crippen LogP contribution in [0.15, 0.2) is 90.2 Å². The lowest BCUT2D eigenvalue weighted by molar-refractivity contribution is 0.0981. The third-order valence-electron chi connectivity index (χ3n) is 6.02.